The van der Waals surface area contributed by atoms with Crippen LogP contribution < -0.4 is 25.6 Å². The first-order valence-electron chi connectivity index (χ1n) is 11.5. The van der Waals surface area contributed by atoms with Gasteiger partial charge in [0.05, 0.1) is 7.11 Å². The molecular weight excluding hydrogens is 514 g/mol. The van der Waals surface area contributed by atoms with Gasteiger partial charge in [-0.3, -0.25) is 30.0 Å². The molecule has 0 heterocycles. The van der Waals surface area contributed by atoms with E-state index in [0.29, 0.717) is 33.5 Å². The van der Waals surface area contributed by atoms with Crippen molar-refractivity contribution in [3.63, 3.8) is 0 Å². The van der Waals surface area contributed by atoms with Crippen LogP contribution in [0.3, 0.4) is 0 Å². The summed E-state index contributed by atoms with van der Waals surface area (Å²) in [6.07, 6.45) is 0.260. The van der Waals surface area contributed by atoms with Crippen molar-refractivity contribution < 1.29 is 33.4 Å². The third-order valence-corrected chi connectivity index (χ3v) is 5.26. The number of carbonyl (C=O) groups excluding carboxylic acids is 4. The van der Waals surface area contributed by atoms with E-state index in [1.807, 2.05) is 12.1 Å². The average Bonchev–Trinajstić information content (AvgIpc) is 2.92. The molecule has 0 aliphatic heterocycles. The van der Waals surface area contributed by atoms with E-state index in [2.05, 4.69) is 16.2 Å². The standard InChI is InChI=1S/C27H26ClN3O7/c1-36-22-5-2-3-6-23(22)38-21-15-13-20(14-16-21)29-24(32)7-4-8-26(34)37-17-25(33)30-31-27(35)18-9-11-19(28)12-10-18/h2-3,5-6,9-16H,4,7-8,17H2,1H3,(H,29,32)(H,30,33)(H,31,35). The van der Waals surface area contributed by atoms with Crippen molar-refractivity contribution in [2.24, 2.45) is 0 Å². The lowest BCUT2D eigenvalue weighted by molar-refractivity contribution is -0.148. The molecule has 0 unspecified atom stereocenters. The van der Waals surface area contributed by atoms with Gasteiger partial charge >= 0.3 is 5.97 Å². The Labute approximate surface area is 224 Å². The summed E-state index contributed by atoms with van der Waals surface area (Å²) in [4.78, 5) is 47.7. The number of methoxy groups -OCH3 is 1. The van der Waals surface area contributed by atoms with Crippen molar-refractivity contribution in [2.45, 2.75) is 19.3 Å². The van der Waals surface area contributed by atoms with E-state index >= 15 is 0 Å². The maximum absolute atomic E-state index is 12.2. The van der Waals surface area contributed by atoms with Crippen LogP contribution in [-0.2, 0) is 19.1 Å². The van der Waals surface area contributed by atoms with E-state index in [4.69, 9.17) is 25.8 Å². The van der Waals surface area contributed by atoms with Crippen molar-refractivity contribution in [2.75, 3.05) is 19.0 Å². The average molecular weight is 540 g/mol. The predicted octanol–water partition coefficient (Wildman–Crippen LogP) is 4.25. The van der Waals surface area contributed by atoms with Crippen LogP contribution >= 0.6 is 11.6 Å². The molecular formula is C27H26ClN3O7. The quantitative estimate of drug-likeness (QED) is 0.245. The van der Waals surface area contributed by atoms with Gasteiger partial charge in [-0.15, -0.1) is 0 Å². The Morgan fingerprint density at radius 3 is 2.16 bits per heavy atom. The second-order valence-corrected chi connectivity index (χ2v) is 8.29. The predicted molar refractivity (Wildman–Crippen MR) is 140 cm³/mol. The smallest absolute Gasteiger partial charge is 0.306 e. The molecule has 3 aromatic carbocycles. The second kappa shape index (κ2) is 14.2. The molecule has 0 radical (unpaired) electrons. The van der Waals surface area contributed by atoms with Crippen molar-refractivity contribution in [3.05, 3.63) is 83.4 Å². The maximum atomic E-state index is 12.2. The van der Waals surface area contributed by atoms with E-state index in [0.717, 1.165) is 0 Å². The molecule has 0 saturated heterocycles. The first kappa shape index (κ1) is 28.0. The third-order valence-electron chi connectivity index (χ3n) is 5.01. The fourth-order valence-electron chi connectivity index (χ4n) is 3.11. The van der Waals surface area contributed by atoms with Gasteiger partial charge in [-0.25, -0.2) is 0 Å². The highest BCUT2D eigenvalue weighted by atomic mass is 35.5. The number of esters is 1. The molecule has 10 nitrogen and oxygen atoms in total. The van der Waals surface area contributed by atoms with Crippen molar-refractivity contribution >= 4 is 41.0 Å². The normalized spacial score (nSPS) is 10.2. The minimum absolute atomic E-state index is 0.0521. The van der Waals surface area contributed by atoms with Crippen molar-refractivity contribution in [1.29, 1.82) is 0 Å². The zero-order valence-corrected chi connectivity index (χ0v) is 21.2. The molecule has 0 bridgehead atoms. The first-order chi connectivity index (χ1) is 18.3. The molecule has 3 N–H and O–H groups in total. The van der Waals surface area contributed by atoms with Gasteiger partial charge < -0.3 is 19.5 Å². The van der Waals surface area contributed by atoms with E-state index in [1.54, 1.807) is 43.5 Å². The van der Waals surface area contributed by atoms with Crippen LogP contribution in [0.25, 0.3) is 0 Å². The van der Waals surface area contributed by atoms with E-state index in [-0.39, 0.29) is 25.2 Å². The fourth-order valence-corrected chi connectivity index (χ4v) is 3.23. The highest BCUT2D eigenvalue weighted by Gasteiger charge is 2.11. The lowest BCUT2D eigenvalue weighted by atomic mass is 10.2. The Hall–Kier alpha value is -4.57. The molecule has 0 spiro atoms. The Morgan fingerprint density at radius 2 is 1.47 bits per heavy atom. The van der Waals surface area contributed by atoms with Crippen LogP contribution in [0.5, 0.6) is 17.2 Å². The number of hydrogen-bond donors (Lipinski definition) is 3. The Morgan fingerprint density at radius 1 is 0.789 bits per heavy atom. The summed E-state index contributed by atoms with van der Waals surface area (Å²) < 4.78 is 15.9. The van der Waals surface area contributed by atoms with Gasteiger partial charge in [0.2, 0.25) is 5.91 Å². The molecule has 0 aliphatic carbocycles. The Kier molecular flexibility index (Phi) is 10.5. The lowest BCUT2D eigenvalue weighted by Gasteiger charge is -2.11. The highest BCUT2D eigenvalue weighted by Crippen LogP contribution is 2.31. The molecule has 3 rings (SSSR count). The summed E-state index contributed by atoms with van der Waals surface area (Å²) >= 11 is 5.76. The first-order valence-corrected chi connectivity index (χ1v) is 11.9. The van der Waals surface area contributed by atoms with Crippen LogP contribution in [0.15, 0.2) is 72.8 Å². The number of carbonyl (C=O) groups is 4. The van der Waals surface area contributed by atoms with Gasteiger partial charge in [0.25, 0.3) is 11.8 Å². The zero-order valence-electron chi connectivity index (χ0n) is 20.5. The lowest BCUT2D eigenvalue weighted by Crippen LogP contribution is -2.43. The molecule has 3 amide bonds. The summed E-state index contributed by atoms with van der Waals surface area (Å²) in [5.41, 5.74) is 5.22. The monoisotopic (exact) mass is 539 g/mol. The second-order valence-electron chi connectivity index (χ2n) is 7.85. The zero-order chi connectivity index (χ0) is 27.3. The minimum Gasteiger partial charge on any atom is -0.493 e. The topological polar surface area (TPSA) is 132 Å². The number of hydrogen-bond acceptors (Lipinski definition) is 7. The van der Waals surface area contributed by atoms with Crippen LogP contribution in [0, 0.1) is 0 Å². The van der Waals surface area contributed by atoms with Crippen molar-refractivity contribution in [1.82, 2.24) is 10.9 Å². The van der Waals surface area contributed by atoms with E-state index in [9.17, 15) is 19.2 Å². The van der Waals surface area contributed by atoms with Gasteiger partial charge in [0, 0.05) is 29.1 Å². The molecule has 3 aromatic rings. The number of benzene rings is 3. The summed E-state index contributed by atoms with van der Waals surface area (Å²) in [5.74, 6) is -0.441. The molecule has 0 saturated carbocycles. The number of amides is 3. The fraction of sp³-hybridized carbons (Fsp3) is 0.185. The largest absolute Gasteiger partial charge is 0.493 e. The number of nitrogens with one attached hydrogen (secondary N) is 3. The van der Waals surface area contributed by atoms with Crippen LogP contribution in [0.2, 0.25) is 5.02 Å². The van der Waals surface area contributed by atoms with Crippen molar-refractivity contribution in [3.8, 4) is 17.2 Å². The maximum Gasteiger partial charge on any atom is 0.306 e. The van der Waals surface area contributed by atoms with E-state index in [1.165, 1.54) is 24.3 Å². The molecule has 198 valence electrons. The molecule has 0 fully saturated rings. The van der Waals surface area contributed by atoms with Gasteiger partial charge in [0.15, 0.2) is 18.1 Å². The van der Waals surface area contributed by atoms with Crippen LogP contribution in [0.4, 0.5) is 5.69 Å². The number of anilines is 1. The summed E-state index contributed by atoms with van der Waals surface area (Å²) in [7, 11) is 1.56. The van der Waals surface area contributed by atoms with E-state index < -0.39 is 24.4 Å². The summed E-state index contributed by atoms with van der Waals surface area (Å²) in [5, 5.41) is 3.21. The van der Waals surface area contributed by atoms with Gasteiger partial charge in [-0.05, 0) is 67.1 Å². The summed E-state index contributed by atoms with van der Waals surface area (Å²) in [6, 6.07) is 20.1. The van der Waals surface area contributed by atoms with Crippen LogP contribution in [0.1, 0.15) is 29.6 Å². The van der Waals surface area contributed by atoms with Crippen LogP contribution in [-0.4, -0.2) is 37.4 Å². The molecule has 0 aromatic heterocycles. The van der Waals surface area contributed by atoms with Gasteiger partial charge in [-0.2, -0.15) is 0 Å². The third kappa shape index (κ3) is 9.14. The molecule has 0 atom stereocenters. The molecule has 38 heavy (non-hydrogen) atoms. The number of ether oxygens (including phenoxy) is 3. The number of hydrazine groups is 1. The van der Waals surface area contributed by atoms with Gasteiger partial charge in [0.1, 0.15) is 5.75 Å². The number of halogens is 1. The molecule has 11 heteroatoms. The molecule has 0 aliphatic rings. The Balaban J connectivity index is 1.30. The Bertz CT molecular complexity index is 1260. The minimum atomic E-state index is -0.712. The number of para-hydroxylation sites is 2. The SMILES string of the molecule is COc1ccccc1Oc1ccc(NC(=O)CCCC(=O)OCC(=O)NNC(=O)c2ccc(Cl)cc2)cc1. The van der Waals surface area contributed by atoms with Gasteiger partial charge in [-0.1, -0.05) is 23.7 Å². The summed E-state index contributed by atoms with van der Waals surface area (Å²) in [6.45, 7) is -0.574. The number of rotatable bonds is 11. The highest BCUT2D eigenvalue weighted by molar-refractivity contribution is 6.30.